The smallest absolute Gasteiger partial charge is 0.151 e. The maximum atomic E-state index is 13.1. The average Bonchev–Trinajstić information content (AvgIpc) is 2.28. The third-order valence-corrected chi connectivity index (χ3v) is 4.71. The summed E-state index contributed by atoms with van der Waals surface area (Å²) in [5.41, 5.74) is 0.816. The molecule has 1 N–H and O–H groups in total. The van der Waals surface area contributed by atoms with Crippen molar-refractivity contribution in [2.45, 2.75) is 32.9 Å². The molecular formula is C13H20FNO2S. The van der Waals surface area contributed by atoms with Crippen molar-refractivity contribution in [2.24, 2.45) is 0 Å². The minimum Gasteiger partial charge on any atom is -0.307 e. The highest BCUT2D eigenvalue weighted by Crippen LogP contribution is 2.14. The molecule has 2 atom stereocenters. The number of benzene rings is 1. The lowest BCUT2D eigenvalue weighted by Gasteiger charge is -2.20. The highest BCUT2D eigenvalue weighted by molar-refractivity contribution is 7.91. The summed E-state index contributed by atoms with van der Waals surface area (Å²) in [6, 6.07) is 6.08. The van der Waals surface area contributed by atoms with Gasteiger partial charge in [-0.3, -0.25) is 0 Å². The zero-order chi connectivity index (χ0) is 13.8. The van der Waals surface area contributed by atoms with Crippen LogP contribution in [0.5, 0.6) is 0 Å². The standard InChI is InChI=1S/C13H20FNO2S/c1-4-18(16,17)9-10(2)15-11(3)12-6-5-7-13(14)8-12/h5-8,10-11,15H,4,9H2,1-3H3/t10-,11-/m0/s1. The Morgan fingerprint density at radius 1 is 1.33 bits per heavy atom. The van der Waals surface area contributed by atoms with Gasteiger partial charge >= 0.3 is 0 Å². The van der Waals surface area contributed by atoms with E-state index in [4.69, 9.17) is 0 Å². The van der Waals surface area contributed by atoms with Crippen molar-refractivity contribution in [3.05, 3.63) is 35.6 Å². The van der Waals surface area contributed by atoms with Crippen molar-refractivity contribution in [3.63, 3.8) is 0 Å². The fraction of sp³-hybridized carbons (Fsp3) is 0.538. The van der Waals surface area contributed by atoms with Gasteiger partial charge in [0.15, 0.2) is 9.84 Å². The lowest BCUT2D eigenvalue weighted by atomic mass is 10.1. The van der Waals surface area contributed by atoms with E-state index in [2.05, 4.69) is 5.32 Å². The lowest BCUT2D eigenvalue weighted by molar-refractivity contribution is 0.497. The Morgan fingerprint density at radius 2 is 2.00 bits per heavy atom. The molecule has 0 saturated carbocycles. The Balaban J connectivity index is 2.62. The number of halogens is 1. The molecule has 0 aliphatic carbocycles. The molecule has 0 aliphatic heterocycles. The van der Waals surface area contributed by atoms with Gasteiger partial charge < -0.3 is 5.32 Å². The van der Waals surface area contributed by atoms with E-state index in [-0.39, 0.29) is 29.4 Å². The second-order valence-electron chi connectivity index (χ2n) is 4.54. The van der Waals surface area contributed by atoms with E-state index >= 15 is 0 Å². The molecule has 1 aromatic carbocycles. The zero-order valence-corrected chi connectivity index (χ0v) is 11.8. The molecule has 0 spiro atoms. The van der Waals surface area contributed by atoms with Crippen LogP contribution < -0.4 is 5.32 Å². The van der Waals surface area contributed by atoms with E-state index in [1.165, 1.54) is 12.1 Å². The first kappa shape index (κ1) is 15.1. The largest absolute Gasteiger partial charge is 0.307 e. The van der Waals surface area contributed by atoms with Crippen molar-refractivity contribution < 1.29 is 12.8 Å². The van der Waals surface area contributed by atoms with Crippen LogP contribution in [0.25, 0.3) is 0 Å². The van der Waals surface area contributed by atoms with Gasteiger partial charge in [-0.15, -0.1) is 0 Å². The van der Waals surface area contributed by atoms with E-state index in [0.717, 1.165) is 5.56 Å². The average molecular weight is 273 g/mol. The number of nitrogens with one attached hydrogen (secondary N) is 1. The van der Waals surface area contributed by atoms with E-state index in [1.54, 1.807) is 13.0 Å². The van der Waals surface area contributed by atoms with Crippen LogP contribution >= 0.6 is 0 Å². The molecule has 1 aromatic rings. The fourth-order valence-electron chi connectivity index (χ4n) is 1.85. The van der Waals surface area contributed by atoms with Gasteiger partial charge in [-0.25, -0.2) is 12.8 Å². The SMILES string of the molecule is CCS(=O)(=O)C[C@H](C)N[C@@H](C)c1cccc(F)c1. The highest BCUT2D eigenvalue weighted by Gasteiger charge is 2.16. The minimum absolute atomic E-state index is 0.0808. The maximum absolute atomic E-state index is 13.1. The molecule has 102 valence electrons. The normalized spacial score (nSPS) is 15.3. The summed E-state index contributed by atoms with van der Waals surface area (Å²) in [7, 11) is -2.99. The Labute approximate surface area is 108 Å². The van der Waals surface area contributed by atoms with Gasteiger partial charge in [0.25, 0.3) is 0 Å². The summed E-state index contributed by atoms with van der Waals surface area (Å²) in [5, 5.41) is 3.17. The van der Waals surface area contributed by atoms with Gasteiger partial charge in [-0.1, -0.05) is 19.1 Å². The van der Waals surface area contributed by atoms with Gasteiger partial charge in [0.05, 0.1) is 5.75 Å². The van der Waals surface area contributed by atoms with Crippen molar-refractivity contribution in [3.8, 4) is 0 Å². The molecule has 18 heavy (non-hydrogen) atoms. The van der Waals surface area contributed by atoms with Crippen molar-refractivity contribution in [1.82, 2.24) is 5.32 Å². The Hall–Kier alpha value is -0.940. The van der Waals surface area contributed by atoms with E-state index in [1.807, 2.05) is 19.9 Å². The first-order chi connectivity index (χ1) is 8.34. The van der Waals surface area contributed by atoms with Crippen LogP contribution in [0.2, 0.25) is 0 Å². The van der Waals surface area contributed by atoms with Crippen LogP contribution in [-0.4, -0.2) is 26.0 Å². The quantitative estimate of drug-likeness (QED) is 0.865. The summed E-state index contributed by atoms with van der Waals surface area (Å²) in [5.74, 6) is -0.0359. The summed E-state index contributed by atoms with van der Waals surface area (Å²) < 4.78 is 36.0. The first-order valence-corrected chi connectivity index (χ1v) is 7.88. The summed E-state index contributed by atoms with van der Waals surface area (Å²) in [6.45, 7) is 5.35. The summed E-state index contributed by atoms with van der Waals surface area (Å²) >= 11 is 0. The molecule has 0 bridgehead atoms. The molecular weight excluding hydrogens is 253 g/mol. The van der Waals surface area contributed by atoms with Gasteiger partial charge in [0, 0.05) is 17.8 Å². The molecule has 0 unspecified atom stereocenters. The fourth-order valence-corrected chi connectivity index (χ4v) is 2.94. The van der Waals surface area contributed by atoms with Crippen molar-refractivity contribution in [1.29, 1.82) is 0 Å². The number of rotatable bonds is 6. The lowest BCUT2D eigenvalue weighted by Crippen LogP contribution is -2.35. The minimum atomic E-state index is -2.99. The Kier molecular flexibility index (Phi) is 5.28. The van der Waals surface area contributed by atoms with Gasteiger partial charge in [0.2, 0.25) is 0 Å². The molecule has 3 nitrogen and oxygen atoms in total. The molecule has 0 aromatic heterocycles. The molecule has 5 heteroatoms. The van der Waals surface area contributed by atoms with Gasteiger partial charge in [0.1, 0.15) is 5.82 Å². The first-order valence-electron chi connectivity index (χ1n) is 6.06. The van der Waals surface area contributed by atoms with Crippen molar-refractivity contribution in [2.75, 3.05) is 11.5 Å². The predicted octanol–water partition coefficient (Wildman–Crippen LogP) is 2.30. The molecule has 0 amide bonds. The van der Waals surface area contributed by atoms with E-state index in [0.29, 0.717) is 0 Å². The third-order valence-electron chi connectivity index (χ3n) is 2.83. The molecule has 0 heterocycles. The maximum Gasteiger partial charge on any atom is 0.151 e. The number of hydrogen-bond donors (Lipinski definition) is 1. The Morgan fingerprint density at radius 3 is 2.56 bits per heavy atom. The van der Waals surface area contributed by atoms with E-state index in [9.17, 15) is 12.8 Å². The zero-order valence-electron chi connectivity index (χ0n) is 11.0. The van der Waals surface area contributed by atoms with Crippen LogP contribution in [0.15, 0.2) is 24.3 Å². The van der Waals surface area contributed by atoms with Crippen LogP contribution in [0.1, 0.15) is 32.4 Å². The molecule has 1 rings (SSSR count). The molecule has 0 saturated heterocycles. The Bertz CT molecular complexity index is 488. The van der Waals surface area contributed by atoms with Crippen LogP contribution in [0.4, 0.5) is 4.39 Å². The third kappa shape index (κ3) is 4.74. The molecule has 0 aliphatic rings. The van der Waals surface area contributed by atoms with Gasteiger partial charge in [-0.2, -0.15) is 0 Å². The number of sulfone groups is 1. The predicted molar refractivity (Wildman–Crippen MR) is 71.7 cm³/mol. The monoisotopic (exact) mass is 273 g/mol. The van der Waals surface area contributed by atoms with Crippen LogP contribution in [0, 0.1) is 5.82 Å². The van der Waals surface area contributed by atoms with Gasteiger partial charge in [-0.05, 0) is 31.5 Å². The van der Waals surface area contributed by atoms with E-state index < -0.39 is 9.84 Å². The number of hydrogen-bond acceptors (Lipinski definition) is 3. The molecule has 0 fully saturated rings. The summed E-state index contributed by atoms with van der Waals surface area (Å²) in [4.78, 5) is 0. The van der Waals surface area contributed by atoms with Crippen molar-refractivity contribution >= 4 is 9.84 Å². The highest BCUT2D eigenvalue weighted by atomic mass is 32.2. The second kappa shape index (κ2) is 6.29. The van der Waals surface area contributed by atoms with Crippen LogP contribution in [-0.2, 0) is 9.84 Å². The topological polar surface area (TPSA) is 46.2 Å². The summed E-state index contributed by atoms with van der Waals surface area (Å²) in [6.07, 6.45) is 0. The van der Waals surface area contributed by atoms with Crippen LogP contribution in [0.3, 0.4) is 0 Å². The molecule has 0 radical (unpaired) electrons. The second-order valence-corrected chi connectivity index (χ2v) is 6.94.